The van der Waals surface area contributed by atoms with Gasteiger partial charge in [-0.2, -0.15) is 5.10 Å². The summed E-state index contributed by atoms with van der Waals surface area (Å²) >= 11 is 0. The minimum atomic E-state index is -1.03. The lowest BCUT2D eigenvalue weighted by molar-refractivity contribution is -0.139. The summed E-state index contributed by atoms with van der Waals surface area (Å²) in [4.78, 5) is 23.0. The Hall–Kier alpha value is -1.85. The Bertz CT molecular complexity index is 466. The van der Waals surface area contributed by atoms with Gasteiger partial charge in [-0.3, -0.25) is 9.48 Å². The quantitative estimate of drug-likeness (QED) is 0.820. The van der Waals surface area contributed by atoms with Crippen molar-refractivity contribution in [3.05, 3.63) is 17.5 Å². The number of nitrogens with zero attached hydrogens (tertiary/aromatic N) is 2. The van der Waals surface area contributed by atoms with Gasteiger partial charge in [-0.25, -0.2) is 4.79 Å². The fourth-order valence-corrected chi connectivity index (χ4v) is 1.71. The Morgan fingerprint density at radius 3 is 2.47 bits per heavy atom. The average molecular weight is 267 g/mol. The van der Waals surface area contributed by atoms with E-state index in [1.54, 1.807) is 17.7 Å². The van der Waals surface area contributed by atoms with Crippen LogP contribution < -0.4 is 5.32 Å². The molecule has 6 nitrogen and oxygen atoms in total. The van der Waals surface area contributed by atoms with Crippen LogP contribution in [-0.4, -0.2) is 32.8 Å². The van der Waals surface area contributed by atoms with Crippen LogP contribution in [0.2, 0.25) is 0 Å². The molecule has 19 heavy (non-hydrogen) atoms. The van der Waals surface area contributed by atoms with Gasteiger partial charge in [-0.1, -0.05) is 20.8 Å². The number of amides is 1. The first-order chi connectivity index (χ1) is 8.90. The van der Waals surface area contributed by atoms with Crippen LogP contribution in [0.3, 0.4) is 0 Å². The van der Waals surface area contributed by atoms with Gasteiger partial charge in [0, 0.05) is 6.54 Å². The Morgan fingerprint density at radius 1 is 1.42 bits per heavy atom. The van der Waals surface area contributed by atoms with Crippen LogP contribution in [0.4, 0.5) is 0 Å². The van der Waals surface area contributed by atoms with Crippen LogP contribution in [0.5, 0.6) is 0 Å². The normalized spacial score (nSPS) is 12.5. The molecule has 1 aromatic heterocycles. The van der Waals surface area contributed by atoms with E-state index in [4.69, 9.17) is 5.11 Å². The number of aromatic nitrogens is 2. The molecular weight excluding hydrogens is 246 g/mol. The van der Waals surface area contributed by atoms with E-state index in [0.717, 1.165) is 5.69 Å². The molecule has 0 aliphatic rings. The summed E-state index contributed by atoms with van der Waals surface area (Å²) in [5, 5.41) is 15.8. The van der Waals surface area contributed by atoms with Crippen LogP contribution in [0, 0.1) is 0 Å². The van der Waals surface area contributed by atoms with Gasteiger partial charge < -0.3 is 10.4 Å². The van der Waals surface area contributed by atoms with E-state index in [-0.39, 0.29) is 5.92 Å². The minimum absolute atomic E-state index is 0.223. The number of carbonyl (C=O) groups excluding carboxylic acids is 1. The van der Waals surface area contributed by atoms with Gasteiger partial charge >= 0.3 is 5.97 Å². The monoisotopic (exact) mass is 267 g/mol. The van der Waals surface area contributed by atoms with Crippen LogP contribution in [0.25, 0.3) is 0 Å². The summed E-state index contributed by atoms with van der Waals surface area (Å²) < 4.78 is 1.60. The molecule has 1 aromatic rings. The molecule has 1 heterocycles. The van der Waals surface area contributed by atoms with E-state index in [9.17, 15) is 9.59 Å². The van der Waals surface area contributed by atoms with Crippen LogP contribution in [-0.2, 0) is 11.3 Å². The molecule has 0 spiro atoms. The number of aryl methyl sites for hydroxylation is 1. The molecule has 1 unspecified atom stereocenters. The molecule has 1 amide bonds. The summed E-state index contributed by atoms with van der Waals surface area (Å²) in [5.41, 5.74) is 1.24. The molecule has 1 atom stereocenters. The topological polar surface area (TPSA) is 84.2 Å². The smallest absolute Gasteiger partial charge is 0.326 e. The number of carbonyl (C=O) groups is 2. The average Bonchev–Trinajstić information content (AvgIpc) is 2.79. The molecule has 0 aromatic carbocycles. The number of rotatable bonds is 6. The number of aliphatic carboxylic acids is 1. The second kappa shape index (κ2) is 6.36. The number of carboxylic acid groups (broad SMARTS) is 1. The zero-order chi connectivity index (χ0) is 14.6. The van der Waals surface area contributed by atoms with Gasteiger partial charge in [0.25, 0.3) is 5.91 Å². The molecule has 106 valence electrons. The molecule has 0 radical (unpaired) electrons. The van der Waals surface area contributed by atoms with E-state index >= 15 is 0 Å². The third kappa shape index (κ3) is 3.56. The van der Waals surface area contributed by atoms with Crippen LogP contribution in [0.1, 0.15) is 56.2 Å². The highest BCUT2D eigenvalue weighted by Gasteiger charge is 2.22. The lowest BCUT2D eigenvalue weighted by atomic mass is 10.1. The van der Waals surface area contributed by atoms with E-state index in [0.29, 0.717) is 18.7 Å². The Morgan fingerprint density at radius 2 is 2.05 bits per heavy atom. The fraction of sp³-hybridized carbons (Fsp3) is 0.615. The predicted octanol–water partition coefficient (Wildman–Crippen LogP) is 1.62. The standard InChI is InChI=1S/C13H21N3O3/c1-5-9(13(18)19)14-12(17)11-7-10(8(3)4)15-16(11)6-2/h7-9H,5-6H2,1-4H3,(H,14,17)(H,18,19). The first-order valence-electron chi connectivity index (χ1n) is 6.52. The molecule has 1 rings (SSSR count). The fourth-order valence-electron chi connectivity index (χ4n) is 1.71. The zero-order valence-electron chi connectivity index (χ0n) is 11.8. The zero-order valence-corrected chi connectivity index (χ0v) is 11.8. The van der Waals surface area contributed by atoms with Crippen molar-refractivity contribution < 1.29 is 14.7 Å². The van der Waals surface area contributed by atoms with Crippen molar-refractivity contribution in [1.29, 1.82) is 0 Å². The van der Waals surface area contributed by atoms with Crippen molar-refractivity contribution in [2.24, 2.45) is 0 Å². The lowest BCUT2D eigenvalue weighted by Gasteiger charge is -2.12. The van der Waals surface area contributed by atoms with Crippen molar-refractivity contribution in [1.82, 2.24) is 15.1 Å². The lowest BCUT2D eigenvalue weighted by Crippen LogP contribution is -2.41. The van der Waals surface area contributed by atoms with Gasteiger partial charge in [0.1, 0.15) is 11.7 Å². The van der Waals surface area contributed by atoms with E-state index in [1.807, 2.05) is 20.8 Å². The molecule has 6 heteroatoms. The first kappa shape index (κ1) is 15.2. The molecule has 0 bridgehead atoms. The van der Waals surface area contributed by atoms with Gasteiger partial charge in [0.15, 0.2) is 0 Å². The van der Waals surface area contributed by atoms with Gasteiger partial charge in [0.2, 0.25) is 0 Å². The summed E-state index contributed by atoms with van der Waals surface area (Å²) in [7, 11) is 0. The van der Waals surface area contributed by atoms with E-state index in [2.05, 4.69) is 10.4 Å². The van der Waals surface area contributed by atoms with Gasteiger partial charge in [-0.05, 0) is 25.3 Å². The number of carboxylic acids is 1. The maximum absolute atomic E-state index is 12.1. The molecule has 0 saturated carbocycles. The van der Waals surface area contributed by atoms with Crippen molar-refractivity contribution in [3.8, 4) is 0 Å². The Balaban J connectivity index is 2.95. The third-order valence-electron chi connectivity index (χ3n) is 2.93. The van der Waals surface area contributed by atoms with Crippen LogP contribution >= 0.6 is 0 Å². The molecule has 2 N–H and O–H groups in total. The second-order valence-corrected chi connectivity index (χ2v) is 4.70. The number of nitrogens with one attached hydrogen (secondary N) is 1. The molecule has 0 aliphatic carbocycles. The summed E-state index contributed by atoms with van der Waals surface area (Å²) in [6.07, 6.45) is 0.346. The SMILES string of the molecule is CCC(NC(=O)c1cc(C(C)C)nn1CC)C(=O)O. The highest BCUT2D eigenvalue weighted by atomic mass is 16.4. The van der Waals surface area contributed by atoms with E-state index < -0.39 is 17.9 Å². The summed E-state index contributed by atoms with van der Waals surface area (Å²) in [6.45, 7) is 8.17. The second-order valence-electron chi connectivity index (χ2n) is 4.70. The molecule has 0 fully saturated rings. The number of hydrogen-bond donors (Lipinski definition) is 2. The Labute approximate surface area is 112 Å². The maximum Gasteiger partial charge on any atom is 0.326 e. The number of hydrogen-bond acceptors (Lipinski definition) is 3. The third-order valence-corrected chi connectivity index (χ3v) is 2.93. The molecule has 0 aliphatic heterocycles. The maximum atomic E-state index is 12.1. The van der Waals surface area contributed by atoms with Crippen molar-refractivity contribution in [2.75, 3.05) is 0 Å². The first-order valence-corrected chi connectivity index (χ1v) is 6.52. The van der Waals surface area contributed by atoms with Gasteiger partial charge in [0.05, 0.1) is 5.69 Å². The van der Waals surface area contributed by atoms with Crippen molar-refractivity contribution >= 4 is 11.9 Å². The van der Waals surface area contributed by atoms with Gasteiger partial charge in [-0.15, -0.1) is 0 Å². The van der Waals surface area contributed by atoms with E-state index in [1.165, 1.54) is 0 Å². The summed E-state index contributed by atoms with van der Waals surface area (Å²) in [6, 6.07) is 0.855. The Kier molecular flexibility index (Phi) is 5.09. The van der Waals surface area contributed by atoms with Crippen molar-refractivity contribution in [3.63, 3.8) is 0 Å². The minimum Gasteiger partial charge on any atom is -0.480 e. The molecule has 0 saturated heterocycles. The molecular formula is C13H21N3O3. The predicted molar refractivity (Wildman–Crippen MR) is 71.2 cm³/mol. The largest absolute Gasteiger partial charge is 0.480 e. The highest BCUT2D eigenvalue weighted by Crippen LogP contribution is 2.14. The van der Waals surface area contributed by atoms with Crippen molar-refractivity contribution in [2.45, 2.75) is 52.6 Å². The van der Waals surface area contributed by atoms with Crippen LogP contribution in [0.15, 0.2) is 6.07 Å². The summed E-state index contributed by atoms with van der Waals surface area (Å²) in [5.74, 6) is -1.20. The highest BCUT2D eigenvalue weighted by molar-refractivity contribution is 5.95.